The minimum Gasteiger partial charge on any atom is -0.484 e. The molecule has 0 radical (unpaired) electrons. The maximum absolute atomic E-state index is 12.7. The van der Waals surface area contributed by atoms with E-state index in [1.165, 1.54) is 0 Å². The third kappa shape index (κ3) is 2.72. The summed E-state index contributed by atoms with van der Waals surface area (Å²) in [5.41, 5.74) is 1.12. The third-order valence-electron chi connectivity index (χ3n) is 3.22. The smallest absolute Gasteiger partial charge is 0.235 e. The van der Waals surface area contributed by atoms with Crippen LogP contribution in [-0.4, -0.2) is 6.10 Å². The van der Waals surface area contributed by atoms with Gasteiger partial charge in [-0.25, -0.2) is 0 Å². The average Bonchev–Trinajstić information content (AvgIpc) is 2.50. The Balaban J connectivity index is 2.31. The van der Waals surface area contributed by atoms with E-state index < -0.39 is 0 Å². The molecular weight excluding hydrogens is 300 g/mol. The van der Waals surface area contributed by atoms with E-state index in [0.717, 1.165) is 5.56 Å². The highest BCUT2D eigenvalue weighted by Gasteiger charge is 2.18. The largest absolute Gasteiger partial charge is 0.484 e. The zero-order valence-electron chi connectivity index (χ0n) is 12.3. The minimum atomic E-state index is -0.166. The van der Waals surface area contributed by atoms with Crippen molar-refractivity contribution in [1.82, 2.24) is 0 Å². The van der Waals surface area contributed by atoms with Crippen LogP contribution in [-0.2, 0) is 0 Å². The molecule has 0 aliphatic rings. The van der Waals surface area contributed by atoms with Crippen molar-refractivity contribution in [2.45, 2.75) is 20.0 Å². The maximum atomic E-state index is 12.7. The summed E-state index contributed by atoms with van der Waals surface area (Å²) >= 11 is 5.93. The van der Waals surface area contributed by atoms with Crippen LogP contribution in [0.4, 0.5) is 0 Å². The van der Waals surface area contributed by atoms with Gasteiger partial charge in [0.25, 0.3) is 0 Å². The molecular formula is C18H15ClO3. The van der Waals surface area contributed by atoms with E-state index in [2.05, 4.69) is 0 Å². The summed E-state index contributed by atoms with van der Waals surface area (Å²) in [6.45, 7) is 3.75. The van der Waals surface area contributed by atoms with Crippen LogP contribution in [0.1, 0.15) is 13.8 Å². The van der Waals surface area contributed by atoms with Crippen LogP contribution in [0.3, 0.4) is 0 Å². The van der Waals surface area contributed by atoms with E-state index in [1.807, 2.05) is 32.0 Å². The van der Waals surface area contributed by atoms with Crippen molar-refractivity contribution in [3.05, 3.63) is 63.8 Å². The molecule has 3 rings (SSSR count). The Morgan fingerprint density at radius 1 is 1.05 bits per heavy atom. The van der Waals surface area contributed by atoms with Crippen molar-refractivity contribution in [3.63, 3.8) is 0 Å². The molecule has 1 heterocycles. The molecule has 112 valence electrons. The van der Waals surface area contributed by atoms with E-state index in [1.54, 1.807) is 30.3 Å². The Hall–Kier alpha value is -2.26. The maximum Gasteiger partial charge on any atom is 0.235 e. The molecule has 22 heavy (non-hydrogen) atoms. The van der Waals surface area contributed by atoms with Crippen molar-refractivity contribution in [1.29, 1.82) is 0 Å². The molecule has 0 bridgehead atoms. The summed E-state index contributed by atoms with van der Waals surface area (Å²) in [5.74, 6) is 0.657. The highest BCUT2D eigenvalue weighted by atomic mass is 35.5. The zero-order valence-corrected chi connectivity index (χ0v) is 13.1. The van der Waals surface area contributed by atoms with E-state index >= 15 is 0 Å². The Kier molecular flexibility index (Phi) is 3.90. The number of hydrogen-bond donors (Lipinski definition) is 0. The fourth-order valence-electron chi connectivity index (χ4n) is 2.26. The highest BCUT2D eigenvalue weighted by molar-refractivity contribution is 6.30. The molecule has 1 aromatic heterocycles. The second-order valence-corrected chi connectivity index (χ2v) is 5.70. The third-order valence-corrected chi connectivity index (χ3v) is 3.47. The minimum absolute atomic E-state index is 0.130. The molecule has 0 saturated carbocycles. The van der Waals surface area contributed by atoms with Crippen LogP contribution in [0.15, 0.2) is 57.7 Å². The van der Waals surface area contributed by atoms with E-state index in [-0.39, 0.29) is 17.3 Å². The number of rotatable bonds is 3. The predicted molar refractivity (Wildman–Crippen MR) is 88.7 cm³/mol. The monoisotopic (exact) mass is 314 g/mol. The van der Waals surface area contributed by atoms with E-state index in [0.29, 0.717) is 21.8 Å². The lowest BCUT2D eigenvalue weighted by Gasteiger charge is -2.14. The number of halogens is 1. The molecule has 0 amide bonds. The summed E-state index contributed by atoms with van der Waals surface area (Å²) in [6.07, 6.45) is -0.130. The molecule has 0 aliphatic carbocycles. The van der Waals surface area contributed by atoms with Gasteiger partial charge in [-0.2, -0.15) is 0 Å². The lowest BCUT2D eigenvalue weighted by Crippen LogP contribution is -2.15. The van der Waals surface area contributed by atoms with Gasteiger partial charge in [-0.3, -0.25) is 4.79 Å². The molecule has 3 nitrogen and oxygen atoms in total. The van der Waals surface area contributed by atoms with Crippen molar-refractivity contribution >= 4 is 22.6 Å². The topological polar surface area (TPSA) is 39.4 Å². The van der Waals surface area contributed by atoms with Gasteiger partial charge < -0.3 is 9.15 Å². The van der Waals surface area contributed by atoms with Gasteiger partial charge in [0.05, 0.1) is 11.5 Å². The van der Waals surface area contributed by atoms with E-state index in [4.69, 9.17) is 20.8 Å². The van der Waals surface area contributed by atoms with Gasteiger partial charge in [0.15, 0.2) is 5.76 Å². The summed E-state index contributed by atoms with van der Waals surface area (Å²) < 4.78 is 11.7. The van der Waals surface area contributed by atoms with Crippen molar-refractivity contribution in [2.24, 2.45) is 0 Å². The van der Waals surface area contributed by atoms with Crippen LogP contribution in [0.5, 0.6) is 5.75 Å². The Bertz CT molecular complexity index is 864. The van der Waals surface area contributed by atoms with Gasteiger partial charge in [0.1, 0.15) is 5.58 Å². The van der Waals surface area contributed by atoms with Crippen molar-refractivity contribution < 1.29 is 9.15 Å². The Labute approximate surface area is 133 Å². The van der Waals surface area contributed by atoms with Crippen LogP contribution in [0, 0.1) is 0 Å². The highest BCUT2D eigenvalue weighted by Crippen LogP contribution is 2.32. The normalized spacial score (nSPS) is 11.1. The van der Waals surface area contributed by atoms with Crippen molar-refractivity contribution in [3.8, 4) is 17.1 Å². The molecule has 0 unspecified atom stereocenters. The Morgan fingerprint density at radius 3 is 2.41 bits per heavy atom. The number of benzene rings is 2. The van der Waals surface area contributed by atoms with E-state index in [9.17, 15) is 4.79 Å². The van der Waals surface area contributed by atoms with Gasteiger partial charge in [0.2, 0.25) is 11.2 Å². The van der Waals surface area contributed by atoms with Gasteiger partial charge in [-0.1, -0.05) is 23.7 Å². The lowest BCUT2D eigenvalue weighted by atomic mass is 10.1. The quantitative estimate of drug-likeness (QED) is 0.690. The van der Waals surface area contributed by atoms with Gasteiger partial charge in [-0.15, -0.1) is 0 Å². The van der Waals surface area contributed by atoms with Gasteiger partial charge in [0, 0.05) is 10.6 Å². The summed E-state index contributed by atoms with van der Waals surface area (Å²) in [5, 5.41) is 1.13. The van der Waals surface area contributed by atoms with Crippen LogP contribution in [0.25, 0.3) is 22.3 Å². The second-order valence-electron chi connectivity index (χ2n) is 5.26. The molecule has 0 fully saturated rings. The summed E-state index contributed by atoms with van der Waals surface area (Å²) in [4.78, 5) is 12.7. The average molecular weight is 315 g/mol. The first kappa shape index (κ1) is 14.7. The molecule has 0 spiro atoms. The number of ether oxygens (including phenoxy) is 1. The zero-order chi connectivity index (χ0) is 15.7. The molecule has 0 saturated heterocycles. The first-order chi connectivity index (χ1) is 10.6. The van der Waals surface area contributed by atoms with Crippen molar-refractivity contribution in [2.75, 3.05) is 0 Å². The number of para-hydroxylation sites is 1. The van der Waals surface area contributed by atoms with Crippen LogP contribution in [0.2, 0.25) is 5.02 Å². The van der Waals surface area contributed by atoms with Crippen LogP contribution >= 0.6 is 11.6 Å². The van der Waals surface area contributed by atoms with Gasteiger partial charge >= 0.3 is 0 Å². The Morgan fingerprint density at radius 2 is 1.73 bits per heavy atom. The molecule has 2 aromatic carbocycles. The standard InChI is InChI=1S/C18H15ClO3/c1-11(2)21-18-16(20)14-5-3-4-6-15(14)22-17(18)12-7-9-13(19)10-8-12/h3-11H,1-2H3. The number of fused-ring (bicyclic) bond motifs is 1. The fourth-order valence-corrected chi connectivity index (χ4v) is 2.38. The first-order valence-corrected chi connectivity index (χ1v) is 7.42. The lowest BCUT2D eigenvalue weighted by molar-refractivity contribution is 0.236. The summed E-state index contributed by atoms with van der Waals surface area (Å²) in [7, 11) is 0. The molecule has 3 aromatic rings. The predicted octanol–water partition coefficient (Wildman–Crippen LogP) is 4.90. The molecule has 4 heteroatoms. The van der Waals surface area contributed by atoms with Crippen LogP contribution < -0.4 is 10.2 Å². The fraction of sp³-hybridized carbons (Fsp3) is 0.167. The number of hydrogen-bond acceptors (Lipinski definition) is 3. The SMILES string of the molecule is CC(C)Oc1c(-c2ccc(Cl)cc2)oc2ccccc2c1=O. The first-order valence-electron chi connectivity index (χ1n) is 7.04. The second kappa shape index (κ2) is 5.85. The molecule has 0 atom stereocenters. The molecule has 0 aliphatic heterocycles. The van der Waals surface area contributed by atoms with Gasteiger partial charge in [-0.05, 0) is 50.2 Å². The molecule has 0 N–H and O–H groups in total. The summed E-state index contributed by atoms with van der Waals surface area (Å²) in [6, 6.07) is 14.3.